The highest BCUT2D eigenvalue weighted by Gasteiger charge is 2.09. The fourth-order valence-corrected chi connectivity index (χ4v) is 2.92. The van der Waals surface area contributed by atoms with Gasteiger partial charge in [-0.05, 0) is 25.0 Å². The average Bonchev–Trinajstić information content (AvgIpc) is 2.81. The zero-order valence-electron chi connectivity index (χ0n) is 11.6. The van der Waals surface area contributed by atoms with Crippen LogP contribution in [0.5, 0.6) is 0 Å². The Balaban J connectivity index is 2.36. The topological polar surface area (TPSA) is 113 Å². The Morgan fingerprint density at radius 2 is 2.00 bits per heavy atom. The lowest BCUT2D eigenvalue weighted by atomic mass is 10.3. The Morgan fingerprint density at radius 1 is 1.29 bits per heavy atom. The van der Waals surface area contributed by atoms with Crippen LogP contribution in [-0.2, 0) is 21.2 Å². The molecule has 1 aromatic rings. The van der Waals surface area contributed by atoms with Gasteiger partial charge in [0.25, 0.3) is 5.91 Å². The van der Waals surface area contributed by atoms with E-state index in [0.29, 0.717) is 30.8 Å². The highest BCUT2D eigenvalue weighted by molar-refractivity contribution is 7.88. The monoisotopic (exact) mass is 334 g/mol. The number of hydrogen-bond acceptors (Lipinski definition) is 5. The van der Waals surface area contributed by atoms with Gasteiger partial charge in [-0.3, -0.25) is 9.59 Å². The van der Waals surface area contributed by atoms with Crippen LogP contribution in [0.25, 0.3) is 0 Å². The Bertz CT molecular complexity index is 595. The summed E-state index contributed by atoms with van der Waals surface area (Å²) in [6.07, 6.45) is 2.02. The second-order valence-corrected chi connectivity index (χ2v) is 7.44. The van der Waals surface area contributed by atoms with E-state index >= 15 is 0 Å². The molecule has 0 unspecified atom stereocenters. The molecule has 0 aliphatic rings. The molecule has 0 aromatic carbocycles. The third kappa shape index (κ3) is 7.78. The van der Waals surface area contributed by atoms with Crippen molar-refractivity contribution in [3.8, 4) is 0 Å². The van der Waals surface area contributed by atoms with Gasteiger partial charge in [-0.15, -0.1) is 11.3 Å². The maximum atomic E-state index is 11.8. The normalized spacial score (nSPS) is 11.3. The van der Waals surface area contributed by atoms with E-state index in [9.17, 15) is 18.0 Å². The smallest absolute Gasteiger partial charge is 0.303 e. The highest BCUT2D eigenvalue weighted by atomic mass is 32.2. The molecule has 7 nitrogen and oxygen atoms in total. The van der Waals surface area contributed by atoms with E-state index in [4.69, 9.17) is 5.11 Å². The molecule has 0 saturated carbocycles. The number of carbonyl (C=O) groups excluding carboxylic acids is 1. The predicted octanol–water partition coefficient (Wildman–Crippen LogP) is 0.434. The molecule has 0 bridgehead atoms. The summed E-state index contributed by atoms with van der Waals surface area (Å²) in [5, 5.41) is 11.1. The van der Waals surface area contributed by atoms with Crippen molar-refractivity contribution in [3.63, 3.8) is 0 Å². The van der Waals surface area contributed by atoms with Crippen molar-refractivity contribution in [1.29, 1.82) is 0 Å². The maximum Gasteiger partial charge on any atom is 0.303 e. The Labute approximate surface area is 127 Å². The molecule has 0 atom stereocenters. The second kappa shape index (κ2) is 8.11. The predicted molar refractivity (Wildman–Crippen MR) is 80.1 cm³/mol. The molecular weight excluding hydrogens is 316 g/mol. The molecule has 1 rings (SSSR count). The number of carbonyl (C=O) groups is 2. The highest BCUT2D eigenvalue weighted by Crippen LogP contribution is 2.16. The van der Waals surface area contributed by atoms with Crippen LogP contribution in [-0.4, -0.2) is 44.7 Å². The summed E-state index contributed by atoms with van der Waals surface area (Å²) in [5.41, 5.74) is 0. The van der Waals surface area contributed by atoms with Crippen LogP contribution < -0.4 is 10.0 Å². The number of sulfonamides is 1. The van der Waals surface area contributed by atoms with Gasteiger partial charge in [-0.25, -0.2) is 13.1 Å². The summed E-state index contributed by atoms with van der Waals surface area (Å²) in [5.74, 6) is -1.13. The van der Waals surface area contributed by atoms with Gasteiger partial charge >= 0.3 is 5.97 Å². The number of aliphatic carboxylic acids is 1. The maximum absolute atomic E-state index is 11.8. The van der Waals surface area contributed by atoms with Crippen LogP contribution in [0.1, 0.15) is 27.4 Å². The molecular formula is C12H18N2O5S2. The molecule has 0 spiro atoms. The minimum atomic E-state index is -3.20. The Hall–Kier alpha value is -1.45. The summed E-state index contributed by atoms with van der Waals surface area (Å²) in [4.78, 5) is 23.5. The molecule has 0 aliphatic heterocycles. The first-order chi connectivity index (χ1) is 9.78. The van der Waals surface area contributed by atoms with Crippen LogP contribution in [0.3, 0.4) is 0 Å². The molecule has 9 heteroatoms. The lowest BCUT2D eigenvalue weighted by molar-refractivity contribution is -0.137. The van der Waals surface area contributed by atoms with E-state index in [1.807, 2.05) is 0 Å². The van der Waals surface area contributed by atoms with Crippen LogP contribution in [0.15, 0.2) is 12.1 Å². The van der Waals surface area contributed by atoms with Gasteiger partial charge in [0, 0.05) is 24.4 Å². The first kappa shape index (κ1) is 17.6. The number of carboxylic acid groups (broad SMARTS) is 1. The molecule has 1 heterocycles. The van der Waals surface area contributed by atoms with E-state index in [1.54, 1.807) is 12.1 Å². The zero-order valence-corrected chi connectivity index (χ0v) is 13.2. The largest absolute Gasteiger partial charge is 0.481 e. The van der Waals surface area contributed by atoms with E-state index in [0.717, 1.165) is 11.1 Å². The van der Waals surface area contributed by atoms with Crippen molar-refractivity contribution in [1.82, 2.24) is 10.0 Å². The quantitative estimate of drug-likeness (QED) is 0.567. The molecule has 0 saturated heterocycles. The van der Waals surface area contributed by atoms with Crippen LogP contribution >= 0.6 is 11.3 Å². The molecule has 118 valence electrons. The number of amides is 1. The second-order valence-electron chi connectivity index (χ2n) is 4.44. The van der Waals surface area contributed by atoms with Crippen LogP contribution in [0, 0.1) is 0 Å². The summed E-state index contributed by atoms with van der Waals surface area (Å²) in [7, 11) is -3.20. The molecule has 0 fully saturated rings. The van der Waals surface area contributed by atoms with Gasteiger partial charge in [0.2, 0.25) is 10.0 Å². The lowest BCUT2D eigenvalue weighted by Crippen LogP contribution is -2.24. The van der Waals surface area contributed by atoms with Gasteiger partial charge < -0.3 is 10.4 Å². The standard InChI is InChI=1S/C12H18N2O5S2/c1-21(18,19)14-8-6-9-4-5-10(20-9)12(17)13-7-2-3-11(15)16/h4-5,14H,2-3,6-8H2,1H3,(H,13,17)(H,15,16). The van der Waals surface area contributed by atoms with Gasteiger partial charge in [0.05, 0.1) is 11.1 Å². The number of nitrogens with one attached hydrogen (secondary N) is 2. The third-order valence-electron chi connectivity index (χ3n) is 2.47. The number of carboxylic acids is 1. The van der Waals surface area contributed by atoms with Gasteiger partial charge in [-0.2, -0.15) is 0 Å². The summed E-state index contributed by atoms with van der Waals surface area (Å²) >= 11 is 1.29. The van der Waals surface area contributed by atoms with Crippen molar-refractivity contribution in [2.45, 2.75) is 19.3 Å². The molecule has 0 radical (unpaired) electrons. The summed E-state index contributed by atoms with van der Waals surface area (Å²) < 4.78 is 24.2. The molecule has 1 amide bonds. The van der Waals surface area contributed by atoms with Gasteiger partial charge in [0.1, 0.15) is 0 Å². The average molecular weight is 334 g/mol. The minimum Gasteiger partial charge on any atom is -0.481 e. The number of hydrogen-bond donors (Lipinski definition) is 3. The third-order valence-corrected chi connectivity index (χ3v) is 4.35. The lowest BCUT2D eigenvalue weighted by Gasteiger charge is -2.02. The Morgan fingerprint density at radius 3 is 2.62 bits per heavy atom. The van der Waals surface area contributed by atoms with E-state index in [1.165, 1.54) is 11.3 Å². The van der Waals surface area contributed by atoms with Crippen molar-refractivity contribution < 1.29 is 23.1 Å². The van der Waals surface area contributed by atoms with Crippen molar-refractivity contribution in [3.05, 3.63) is 21.9 Å². The number of thiophene rings is 1. The zero-order chi connectivity index (χ0) is 15.9. The summed E-state index contributed by atoms with van der Waals surface area (Å²) in [6, 6.07) is 3.45. The van der Waals surface area contributed by atoms with Crippen molar-refractivity contribution in [2.24, 2.45) is 0 Å². The van der Waals surface area contributed by atoms with E-state index in [2.05, 4.69) is 10.0 Å². The van der Waals surface area contributed by atoms with Crippen LogP contribution in [0.2, 0.25) is 0 Å². The number of rotatable bonds is 9. The molecule has 0 aliphatic carbocycles. The minimum absolute atomic E-state index is 0.0210. The van der Waals surface area contributed by atoms with Gasteiger partial charge in [-0.1, -0.05) is 0 Å². The van der Waals surface area contributed by atoms with E-state index in [-0.39, 0.29) is 12.3 Å². The van der Waals surface area contributed by atoms with Crippen LogP contribution in [0.4, 0.5) is 0 Å². The van der Waals surface area contributed by atoms with Crippen molar-refractivity contribution >= 4 is 33.2 Å². The Kier molecular flexibility index (Phi) is 6.79. The van der Waals surface area contributed by atoms with Crippen molar-refractivity contribution in [2.75, 3.05) is 19.3 Å². The van der Waals surface area contributed by atoms with E-state index < -0.39 is 16.0 Å². The molecule has 21 heavy (non-hydrogen) atoms. The first-order valence-electron chi connectivity index (χ1n) is 6.31. The molecule has 3 N–H and O–H groups in total. The first-order valence-corrected chi connectivity index (χ1v) is 9.02. The fraction of sp³-hybridized carbons (Fsp3) is 0.500. The summed E-state index contributed by atoms with van der Waals surface area (Å²) in [6.45, 7) is 0.604. The molecule has 1 aromatic heterocycles. The SMILES string of the molecule is CS(=O)(=O)NCCc1ccc(C(=O)NCCCC(=O)O)s1. The van der Waals surface area contributed by atoms with Gasteiger partial charge in [0.15, 0.2) is 0 Å². The fourth-order valence-electron chi connectivity index (χ4n) is 1.52.